The van der Waals surface area contributed by atoms with E-state index in [-0.39, 0.29) is 30.5 Å². The first-order chi connectivity index (χ1) is 15.0. The van der Waals surface area contributed by atoms with Gasteiger partial charge in [0.15, 0.2) is 0 Å². The summed E-state index contributed by atoms with van der Waals surface area (Å²) in [6.45, 7) is 5.37. The first-order valence-electron chi connectivity index (χ1n) is 10.8. The first kappa shape index (κ1) is 22.6. The van der Waals surface area contributed by atoms with Crippen molar-refractivity contribution >= 4 is 23.2 Å². The minimum atomic E-state index is -0.189. The van der Waals surface area contributed by atoms with Gasteiger partial charge in [0.1, 0.15) is 12.4 Å². The van der Waals surface area contributed by atoms with Gasteiger partial charge in [-0.3, -0.25) is 9.59 Å². The van der Waals surface area contributed by atoms with Crippen LogP contribution in [0.2, 0.25) is 0 Å². The van der Waals surface area contributed by atoms with E-state index in [1.807, 2.05) is 38.1 Å². The van der Waals surface area contributed by atoms with Crippen LogP contribution in [0, 0.1) is 0 Å². The van der Waals surface area contributed by atoms with Crippen molar-refractivity contribution in [1.82, 2.24) is 5.32 Å². The van der Waals surface area contributed by atoms with Gasteiger partial charge in [-0.05, 0) is 62.6 Å². The van der Waals surface area contributed by atoms with Crippen LogP contribution in [-0.2, 0) is 9.53 Å². The van der Waals surface area contributed by atoms with Gasteiger partial charge in [0, 0.05) is 23.9 Å². The second kappa shape index (κ2) is 11.4. The lowest BCUT2D eigenvalue weighted by molar-refractivity contribution is -0.114. The molecule has 2 aromatic rings. The molecule has 2 aromatic carbocycles. The van der Waals surface area contributed by atoms with Gasteiger partial charge >= 0.3 is 0 Å². The highest BCUT2D eigenvalue weighted by molar-refractivity contribution is 5.96. The largest absolute Gasteiger partial charge is 0.489 e. The van der Waals surface area contributed by atoms with Crippen molar-refractivity contribution < 1.29 is 19.1 Å². The van der Waals surface area contributed by atoms with E-state index in [1.54, 1.807) is 24.3 Å². The highest BCUT2D eigenvalue weighted by Crippen LogP contribution is 2.25. The molecule has 0 aliphatic carbocycles. The van der Waals surface area contributed by atoms with Crippen LogP contribution in [0.1, 0.15) is 43.5 Å². The third kappa shape index (κ3) is 7.00. The fourth-order valence-electron chi connectivity index (χ4n) is 3.19. The van der Waals surface area contributed by atoms with E-state index in [1.165, 1.54) is 0 Å². The maximum atomic E-state index is 12.4. The molecule has 7 heteroatoms. The molecule has 3 N–H and O–H groups in total. The summed E-state index contributed by atoms with van der Waals surface area (Å²) in [6.07, 6.45) is 3.08. The number of rotatable bonds is 10. The Morgan fingerprint density at radius 1 is 1.16 bits per heavy atom. The summed E-state index contributed by atoms with van der Waals surface area (Å²) < 4.78 is 11.5. The number of hydrogen-bond acceptors (Lipinski definition) is 5. The van der Waals surface area contributed by atoms with Crippen molar-refractivity contribution in [3.05, 3.63) is 54.1 Å². The molecule has 1 fully saturated rings. The van der Waals surface area contributed by atoms with Gasteiger partial charge in [-0.1, -0.05) is 19.1 Å². The number of nitrogens with one attached hydrogen (secondary N) is 3. The lowest BCUT2D eigenvalue weighted by atomic mass is 10.1. The fraction of sp³-hybridized carbons (Fsp3) is 0.417. The number of benzene rings is 2. The summed E-state index contributed by atoms with van der Waals surface area (Å²) in [6, 6.07) is 14.5. The van der Waals surface area contributed by atoms with Crippen molar-refractivity contribution in [2.45, 2.75) is 45.3 Å². The van der Waals surface area contributed by atoms with Gasteiger partial charge in [0.2, 0.25) is 5.91 Å². The molecule has 7 nitrogen and oxygen atoms in total. The second-order valence-electron chi connectivity index (χ2n) is 7.70. The Morgan fingerprint density at radius 2 is 1.94 bits per heavy atom. The second-order valence-corrected chi connectivity index (χ2v) is 7.70. The minimum absolute atomic E-state index is 0.0938. The molecule has 1 aliphatic heterocycles. The Labute approximate surface area is 183 Å². The zero-order valence-corrected chi connectivity index (χ0v) is 18.1. The SMILES string of the molecule is CCC(C)NC(=O)c1ccc(NC(=O)CNc2ccccc2OCC2CCCO2)cc1. The molecule has 0 aromatic heterocycles. The van der Waals surface area contributed by atoms with Crippen molar-refractivity contribution in [2.75, 3.05) is 30.4 Å². The van der Waals surface area contributed by atoms with Crippen LogP contribution in [0.25, 0.3) is 0 Å². The molecule has 0 bridgehead atoms. The van der Waals surface area contributed by atoms with Gasteiger partial charge in [-0.2, -0.15) is 0 Å². The van der Waals surface area contributed by atoms with E-state index in [2.05, 4.69) is 16.0 Å². The van der Waals surface area contributed by atoms with E-state index in [0.717, 1.165) is 31.6 Å². The average Bonchev–Trinajstić information content (AvgIpc) is 3.31. The summed E-state index contributed by atoms with van der Waals surface area (Å²) in [5.41, 5.74) is 1.95. The Bertz CT molecular complexity index is 863. The quantitative estimate of drug-likeness (QED) is 0.539. The zero-order chi connectivity index (χ0) is 22.1. The smallest absolute Gasteiger partial charge is 0.251 e. The Hall–Kier alpha value is -3.06. The number of amides is 2. The third-order valence-electron chi connectivity index (χ3n) is 5.20. The lowest BCUT2D eigenvalue weighted by Crippen LogP contribution is -2.31. The van der Waals surface area contributed by atoms with Crippen LogP contribution in [-0.4, -0.2) is 43.7 Å². The predicted octanol–water partition coefficient (Wildman–Crippen LogP) is 3.82. The molecule has 0 saturated carbocycles. The minimum Gasteiger partial charge on any atom is -0.489 e. The van der Waals surface area contributed by atoms with Gasteiger partial charge < -0.3 is 25.4 Å². The summed E-state index contributed by atoms with van der Waals surface area (Å²) in [5.74, 6) is 0.390. The molecule has 166 valence electrons. The first-order valence-corrected chi connectivity index (χ1v) is 10.8. The average molecular weight is 426 g/mol. The van der Waals surface area contributed by atoms with Gasteiger partial charge in [0.25, 0.3) is 5.91 Å². The van der Waals surface area contributed by atoms with Crippen LogP contribution in [0.3, 0.4) is 0 Å². The van der Waals surface area contributed by atoms with Crippen LogP contribution < -0.4 is 20.7 Å². The summed E-state index contributed by atoms with van der Waals surface area (Å²) in [4.78, 5) is 24.5. The molecule has 1 aliphatic rings. The Morgan fingerprint density at radius 3 is 2.65 bits per heavy atom. The van der Waals surface area contributed by atoms with E-state index in [0.29, 0.717) is 23.6 Å². The molecule has 31 heavy (non-hydrogen) atoms. The Balaban J connectivity index is 1.48. The molecular formula is C24H31N3O4. The predicted molar refractivity (Wildman–Crippen MR) is 122 cm³/mol. The van der Waals surface area contributed by atoms with Crippen molar-refractivity contribution in [3.8, 4) is 5.75 Å². The van der Waals surface area contributed by atoms with Crippen LogP contribution in [0.4, 0.5) is 11.4 Å². The molecule has 2 atom stereocenters. The maximum Gasteiger partial charge on any atom is 0.251 e. The molecule has 0 radical (unpaired) electrons. The fourth-order valence-corrected chi connectivity index (χ4v) is 3.19. The highest BCUT2D eigenvalue weighted by Gasteiger charge is 2.17. The number of anilines is 2. The van der Waals surface area contributed by atoms with E-state index < -0.39 is 0 Å². The van der Waals surface area contributed by atoms with Crippen molar-refractivity contribution in [3.63, 3.8) is 0 Å². The molecule has 3 rings (SSSR count). The zero-order valence-electron chi connectivity index (χ0n) is 18.1. The molecule has 1 saturated heterocycles. The number of carbonyl (C=O) groups excluding carboxylic acids is 2. The highest BCUT2D eigenvalue weighted by atomic mass is 16.5. The topological polar surface area (TPSA) is 88.7 Å². The van der Waals surface area contributed by atoms with Crippen LogP contribution in [0.15, 0.2) is 48.5 Å². The Kier molecular flexibility index (Phi) is 8.29. The monoisotopic (exact) mass is 425 g/mol. The number of hydrogen-bond donors (Lipinski definition) is 3. The third-order valence-corrected chi connectivity index (χ3v) is 5.20. The van der Waals surface area contributed by atoms with E-state index in [9.17, 15) is 9.59 Å². The van der Waals surface area contributed by atoms with Gasteiger partial charge in [-0.15, -0.1) is 0 Å². The summed E-state index contributed by atoms with van der Waals surface area (Å²) in [7, 11) is 0. The van der Waals surface area contributed by atoms with Crippen LogP contribution >= 0.6 is 0 Å². The molecule has 0 spiro atoms. The summed E-state index contributed by atoms with van der Waals surface area (Å²) in [5, 5.41) is 8.88. The summed E-state index contributed by atoms with van der Waals surface area (Å²) >= 11 is 0. The van der Waals surface area contributed by atoms with Crippen molar-refractivity contribution in [2.24, 2.45) is 0 Å². The lowest BCUT2D eigenvalue weighted by Gasteiger charge is -2.15. The maximum absolute atomic E-state index is 12.4. The molecule has 1 heterocycles. The molecule has 2 unspecified atom stereocenters. The number of para-hydroxylation sites is 2. The van der Waals surface area contributed by atoms with E-state index in [4.69, 9.17) is 9.47 Å². The van der Waals surface area contributed by atoms with Crippen molar-refractivity contribution in [1.29, 1.82) is 0 Å². The normalized spacial score (nSPS) is 16.4. The van der Waals surface area contributed by atoms with Crippen LogP contribution in [0.5, 0.6) is 5.75 Å². The standard InChI is InChI=1S/C24H31N3O4/c1-3-17(2)26-24(29)18-10-12-19(13-11-18)27-23(28)15-25-21-8-4-5-9-22(21)31-16-20-7-6-14-30-20/h4-5,8-13,17,20,25H,3,6-7,14-16H2,1-2H3,(H,26,29)(H,27,28). The molecule has 2 amide bonds. The van der Waals surface area contributed by atoms with E-state index >= 15 is 0 Å². The number of carbonyl (C=O) groups is 2. The molecular weight excluding hydrogens is 394 g/mol. The number of ether oxygens (including phenoxy) is 2. The van der Waals surface area contributed by atoms with Gasteiger partial charge in [-0.25, -0.2) is 0 Å². The van der Waals surface area contributed by atoms with Gasteiger partial charge in [0.05, 0.1) is 18.3 Å².